The van der Waals surface area contributed by atoms with Gasteiger partial charge in [-0.05, 0) is 18.2 Å². The number of nitrogens with zero attached hydrogens (tertiary/aromatic N) is 3. The van der Waals surface area contributed by atoms with E-state index >= 15 is 0 Å². The molecule has 0 atom stereocenters. The fourth-order valence-electron chi connectivity index (χ4n) is 3.49. The zero-order valence-electron chi connectivity index (χ0n) is 15.2. The number of hydrogen-bond acceptors (Lipinski definition) is 6. The summed E-state index contributed by atoms with van der Waals surface area (Å²) in [5.41, 5.74) is 0.301. The minimum Gasteiger partial charge on any atom is -0.379 e. The number of morpholine rings is 1. The van der Waals surface area contributed by atoms with E-state index in [1.54, 1.807) is 6.07 Å². The van der Waals surface area contributed by atoms with Gasteiger partial charge in [0.2, 0.25) is 10.0 Å². The van der Waals surface area contributed by atoms with Crippen LogP contribution >= 0.6 is 0 Å². The van der Waals surface area contributed by atoms with Crippen LogP contribution in [-0.2, 0) is 14.8 Å². The van der Waals surface area contributed by atoms with E-state index in [0.29, 0.717) is 32.0 Å². The molecule has 2 aliphatic rings. The molecule has 0 spiro atoms. The molecule has 3 rings (SSSR count). The third-order valence-corrected chi connectivity index (χ3v) is 6.89. The van der Waals surface area contributed by atoms with Crippen LogP contribution in [0.4, 0.5) is 11.4 Å². The van der Waals surface area contributed by atoms with Crippen LogP contribution in [0.2, 0.25) is 0 Å². The number of piperazine rings is 1. The lowest BCUT2D eigenvalue weighted by Crippen LogP contribution is -3.14. The predicted octanol–water partition coefficient (Wildman–Crippen LogP) is -0.493. The zero-order chi connectivity index (χ0) is 19.4. The largest absolute Gasteiger partial charge is 0.379 e. The summed E-state index contributed by atoms with van der Waals surface area (Å²) in [5.74, 6) is 0. The van der Waals surface area contributed by atoms with Crippen LogP contribution in [0, 0.1) is 10.1 Å². The number of rotatable bonds is 6. The molecule has 0 amide bonds. The molecule has 0 unspecified atom stereocenters. The highest BCUT2D eigenvalue weighted by Gasteiger charge is 2.31. The predicted molar refractivity (Wildman–Crippen MR) is 101 cm³/mol. The lowest BCUT2D eigenvalue weighted by molar-refractivity contribution is -0.894. The van der Waals surface area contributed by atoms with E-state index in [4.69, 9.17) is 4.74 Å². The normalized spacial score (nSPS) is 19.8. The molecule has 2 fully saturated rings. The van der Waals surface area contributed by atoms with Crippen LogP contribution in [0.3, 0.4) is 0 Å². The fourth-order valence-corrected chi connectivity index (χ4v) is 4.91. The van der Waals surface area contributed by atoms with Crippen LogP contribution in [0.15, 0.2) is 35.7 Å². The first-order valence-corrected chi connectivity index (χ1v) is 10.4. The summed E-state index contributed by atoms with van der Waals surface area (Å²) in [6.07, 6.45) is 1.87. The van der Waals surface area contributed by atoms with E-state index in [9.17, 15) is 18.5 Å². The third-order valence-electron chi connectivity index (χ3n) is 5.00. The molecule has 1 N–H and O–H groups in total. The lowest BCUT2D eigenvalue weighted by atomic mass is 10.2. The summed E-state index contributed by atoms with van der Waals surface area (Å²) in [7, 11) is -3.77. The highest BCUT2D eigenvalue weighted by Crippen LogP contribution is 2.32. The highest BCUT2D eigenvalue weighted by molar-refractivity contribution is 7.89. The smallest absolute Gasteiger partial charge is 0.293 e. The van der Waals surface area contributed by atoms with Gasteiger partial charge in [0.15, 0.2) is 0 Å². The molecule has 2 aliphatic heterocycles. The number of nitro benzene ring substituents is 1. The van der Waals surface area contributed by atoms with E-state index in [1.165, 1.54) is 21.3 Å². The van der Waals surface area contributed by atoms with Crippen LogP contribution in [0.25, 0.3) is 0 Å². The maximum Gasteiger partial charge on any atom is 0.293 e. The average molecular weight is 397 g/mol. The lowest BCUT2D eigenvalue weighted by Gasteiger charge is -2.33. The summed E-state index contributed by atoms with van der Waals surface area (Å²) < 4.78 is 32.1. The first kappa shape index (κ1) is 19.7. The molecule has 9 nitrogen and oxygen atoms in total. The van der Waals surface area contributed by atoms with Crippen molar-refractivity contribution in [3.8, 4) is 0 Å². The van der Waals surface area contributed by atoms with Crippen molar-refractivity contribution in [3.63, 3.8) is 0 Å². The van der Waals surface area contributed by atoms with E-state index in [0.717, 1.165) is 19.6 Å². The summed E-state index contributed by atoms with van der Waals surface area (Å²) in [6.45, 7) is 8.86. The first-order chi connectivity index (χ1) is 12.9. The topological polar surface area (TPSA) is 97.4 Å². The van der Waals surface area contributed by atoms with E-state index in [1.807, 2.05) is 11.0 Å². The summed E-state index contributed by atoms with van der Waals surface area (Å²) >= 11 is 0. The van der Waals surface area contributed by atoms with Crippen molar-refractivity contribution in [1.82, 2.24) is 4.31 Å². The number of quaternary nitrogens is 1. The molecule has 0 aliphatic carbocycles. The second-order valence-electron chi connectivity index (χ2n) is 6.65. The molecule has 27 heavy (non-hydrogen) atoms. The summed E-state index contributed by atoms with van der Waals surface area (Å²) in [4.78, 5) is 14.4. The van der Waals surface area contributed by atoms with Crippen molar-refractivity contribution in [3.05, 3.63) is 41.0 Å². The van der Waals surface area contributed by atoms with Gasteiger partial charge >= 0.3 is 0 Å². The van der Waals surface area contributed by atoms with Gasteiger partial charge in [-0.2, -0.15) is 4.31 Å². The minimum absolute atomic E-state index is 0.0456. The van der Waals surface area contributed by atoms with Crippen molar-refractivity contribution in [2.75, 3.05) is 63.9 Å². The fraction of sp³-hybridized carbons (Fsp3) is 0.529. The second-order valence-corrected chi connectivity index (χ2v) is 8.59. The van der Waals surface area contributed by atoms with Crippen molar-refractivity contribution in [1.29, 1.82) is 0 Å². The van der Waals surface area contributed by atoms with Gasteiger partial charge in [-0.3, -0.25) is 10.1 Å². The Morgan fingerprint density at radius 3 is 2.48 bits per heavy atom. The Bertz CT molecular complexity index is 800. The van der Waals surface area contributed by atoms with Crippen molar-refractivity contribution in [2.24, 2.45) is 0 Å². The van der Waals surface area contributed by atoms with Crippen LogP contribution in [0.5, 0.6) is 0 Å². The highest BCUT2D eigenvalue weighted by atomic mass is 32.2. The zero-order valence-corrected chi connectivity index (χ0v) is 16.0. The number of nitro groups is 1. The second kappa shape index (κ2) is 8.34. The van der Waals surface area contributed by atoms with Gasteiger partial charge in [0.25, 0.3) is 5.69 Å². The minimum atomic E-state index is -3.77. The SMILES string of the molecule is C=CC[NH+]1CCN(c2ccc(S(=O)(=O)N3CCOCC3)cc2[N+](=O)[O-])CC1. The number of sulfonamides is 1. The molecule has 2 saturated heterocycles. The Hall–Kier alpha value is -2.01. The average Bonchev–Trinajstić information content (AvgIpc) is 2.69. The molecular formula is C17H25N4O5S+. The Balaban J connectivity index is 1.85. The van der Waals surface area contributed by atoms with Gasteiger partial charge in [-0.1, -0.05) is 6.58 Å². The maximum absolute atomic E-state index is 12.8. The molecule has 1 aromatic rings. The number of nitrogens with one attached hydrogen (secondary N) is 1. The number of anilines is 1. The van der Waals surface area contributed by atoms with Gasteiger partial charge in [0.05, 0.1) is 55.8 Å². The molecule has 0 saturated carbocycles. The number of benzene rings is 1. The first-order valence-electron chi connectivity index (χ1n) is 8.99. The molecule has 1 aromatic carbocycles. The van der Waals surface area contributed by atoms with E-state index in [-0.39, 0.29) is 23.7 Å². The third kappa shape index (κ3) is 4.29. The molecule has 2 heterocycles. The van der Waals surface area contributed by atoms with Crippen LogP contribution in [-0.4, -0.2) is 76.7 Å². The summed E-state index contributed by atoms with van der Waals surface area (Å²) in [6, 6.07) is 4.21. The van der Waals surface area contributed by atoms with Gasteiger partial charge in [0.1, 0.15) is 5.69 Å². The molecule has 0 aromatic heterocycles. The Morgan fingerprint density at radius 1 is 1.22 bits per heavy atom. The standard InChI is InChI=1S/C17H24N4O5S/c1-2-5-18-6-8-19(9-7-18)16-4-3-15(14-17(16)21(22)23)27(24,25)20-10-12-26-13-11-20/h2-4,14H,1,5-13H2/p+1. The number of hydrogen-bond donors (Lipinski definition) is 1. The van der Waals surface area contributed by atoms with Crippen LogP contribution < -0.4 is 9.80 Å². The molecular weight excluding hydrogens is 372 g/mol. The molecule has 0 radical (unpaired) electrons. The molecule has 148 valence electrons. The van der Waals surface area contributed by atoms with E-state index in [2.05, 4.69) is 6.58 Å². The van der Waals surface area contributed by atoms with Gasteiger partial charge in [-0.25, -0.2) is 8.42 Å². The Labute approximate surface area is 159 Å². The van der Waals surface area contributed by atoms with Crippen molar-refractivity contribution in [2.45, 2.75) is 4.90 Å². The van der Waals surface area contributed by atoms with Gasteiger partial charge in [-0.15, -0.1) is 0 Å². The Morgan fingerprint density at radius 2 is 1.89 bits per heavy atom. The maximum atomic E-state index is 12.8. The van der Waals surface area contributed by atoms with Crippen molar-refractivity contribution >= 4 is 21.4 Å². The monoisotopic (exact) mass is 397 g/mol. The summed E-state index contributed by atoms with van der Waals surface area (Å²) in [5, 5.41) is 11.6. The Kier molecular flexibility index (Phi) is 6.10. The van der Waals surface area contributed by atoms with E-state index < -0.39 is 14.9 Å². The molecule has 0 bridgehead atoms. The van der Waals surface area contributed by atoms with Crippen molar-refractivity contribution < 1.29 is 23.0 Å². The quantitative estimate of drug-likeness (QED) is 0.395. The van der Waals surface area contributed by atoms with Gasteiger partial charge < -0.3 is 14.5 Å². The number of ether oxygens (including phenoxy) is 1. The van der Waals surface area contributed by atoms with Crippen LogP contribution in [0.1, 0.15) is 0 Å². The molecule has 10 heteroatoms. The van der Waals surface area contributed by atoms with Gasteiger partial charge in [0, 0.05) is 19.2 Å².